The minimum Gasteiger partial charge on any atom is -0.299 e. The van der Waals surface area contributed by atoms with Crippen molar-refractivity contribution in [1.29, 1.82) is 0 Å². The van der Waals surface area contributed by atoms with Gasteiger partial charge >= 0.3 is 0 Å². The molecule has 5 rings (SSSR count). The van der Waals surface area contributed by atoms with Gasteiger partial charge in [0, 0.05) is 42.4 Å². The van der Waals surface area contributed by atoms with Crippen molar-refractivity contribution in [3.05, 3.63) is 117 Å². The van der Waals surface area contributed by atoms with E-state index < -0.39 is 0 Å². The van der Waals surface area contributed by atoms with E-state index in [9.17, 15) is 10.1 Å². The summed E-state index contributed by atoms with van der Waals surface area (Å²) in [5, 5.41) is 10.8. The van der Waals surface area contributed by atoms with Crippen LogP contribution in [-0.2, 0) is 5.75 Å². The lowest BCUT2D eigenvalue weighted by molar-refractivity contribution is -0.384. The predicted molar refractivity (Wildman–Crippen MR) is 136 cm³/mol. The quantitative estimate of drug-likeness (QED) is 0.321. The molecule has 0 aromatic heterocycles. The van der Waals surface area contributed by atoms with Crippen molar-refractivity contribution < 1.29 is 4.92 Å². The van der Waals surface area contributed by atoms with Crippen LogP contribution in [0, 0.1) is 10.1 Å². The highest BCUT2D eigenvalue weighted by atomic mass is 32.2. The van der Waals surface area contributed by atoms with Crippen molar-refractivity contribution in [2.45, 2.75) is 23.5 Å². The lowest BCUT2D eigenvalue weighted by Gasteiger charge is -2.29. The van der Waals surface area contributed by atoms with E-state index in [1.807, 2.05) is 17.8 Å². The van der Waals surface area contributed by atoms with E-state index in [2.05, 4.69) is 59.5 Å². The zero-order valence-electron chi connectivity index (χ0n) is 18.4. The molecule has 0 atom stereocenters. The van der Waals surface area contributed by atoms with Gasteiger partial charge in [-0.2, -0.15) is 0 Å². The van der Waals surface area contributed by atoms with E-state index in [1.54, 1.807) is 29.8 Å². The maximum Gasteiger partial charge on any atom is 0.269 e. The zero-order chi connectivity index (χ0) is 22.6. The smallest absolute Gasteiger partial charge is 0.269 e. The lowest BCUT2D eigenvalue weighted by atomic mass is 9.86. The first kappa shape index (κ1) is 21.7. The molecule has 1 fully saturated rings. The number of rotatable bonds is 4. The fourth-order valence-corrected chi connectivity index (χ4v) is 5.73. The Balaban J connectivity index is 1.31. The molecule has 166 valence electrons. The number of nitrogens with zero attached hydrogens (tertiary/aromatic N) is 2. The number of fused-ring (bicyclic) bond motifs is 2. The van der Waals surface area contributed by atoms with Crippen LogP contribution in [-0.4, -0.2) is 29.5 Å². The summed E-state index contributed by atoms with van der Waals surface area (Å²) in [5.41, 5.74) is 8.34. The fourth-order valence-electron chi connectivity index (χ4n) is 4.67. The standard InChI is InChI=1S/C28H26N2O2S/c31-30(32)24-13-11-21(12-14-24)6-5-17-29-18-15-22(16-19-29)28-25-8-2-1-7-23(25)20-33-27-10-4-3-9-26(27)28/h1-14H,15-20H2/b6-5+. The predicted octanol–water partition coefficient (Wildman–Crippen LogP) is 6.81. The fraction of sp³-hybridized carbons (Fsp3) is 0.214. The number of piperidine rings is 1. The summed E-state index contributed by atoms with van der Waals surface area (Å²) >= 11 is 1.94. The van der Waals surface area contributed by atoms with E-state index in [4.69, 9.17) is 0 Å². The van der Waals surface area contributed by atoms with Crippen molar-refractivity contribution in [3.63, 3.8) is 0 Å². The molecule has 0 N–H and O–H groups in total. The summed E-state index contributed by atoms with van der Waals surface area (Å²) in [6.07, 6.45) is 6.36. The monoisotopic (exact) mass is 454 g/mol. The molecule has 0 unspecified atom stereocenters. The van der Waals surface area contributed by atoms with Crippen molar-refractivity contribution in [1.82, 2.24) is 4.90 Å². The van der Waals surface area contributed by atoms with E-state index in [0.717, 1.165) is 43.8 Å². The van der Waals surface area contributed by atoms with Crippen LogP contribution >= 0.6 is 11.8 Å². The van der Waals surface area contributed by atoms with Crippen LogP contribution < -0.4 is 0 Å². The molecule has 1 saturated heterocycles. The molecule has 0 aliphatic carbocycles. The third-order valence-corrected chi connectivity index (χ3v) is 7.54. The highest BCUT2D eigenvalue weighted by Crippen LogP contribution is 2.43. The molecular weight excluding hydrogens is 428 g/mol. The van der Waals surface area contributed by atoms with Gasteiger partial charge in [0.15, 0.2) is 0 Å². The van der Waals surface area contributed by atoms with Gasteiger partial charge in [-0.3, -0.25) is 15.0 Å². The number of benzene rings is 3. The molecule has 4 nitrogen and oxygen atoms in total. The van der Waals surface area contributed by atoms with E-state index in [1.165, 1.54) is 27.2 Å². The number of hydrogen-bond donors (Lipinski definition) is 0. The van der Waals surface area contributed by atoms with E-state index in [-0.39, 0.29) is 10.6 Å². The summed E-state index contributed by atoms with van der Waals surface area (Å²) in [6, 6.07) is 24.4. The molecule has 0 spiro atoms. The molecule has 0 radical (unpaired) electrons. The van der Waals surface area contributed by atoms with Crippen LogP contribution in [0.5, 0.6) is 0 Å². The first-order valence-corrected chi connectivity index (χ1v) is 12.3. The van der Waals surface area contributed by atoms with Crippen molar-refractivity contribution >= 4 is 29.1 Å². The van der Waals surface area contributed by atoms with E-state index in [0.29, 0.717) is 0 Å². The number of hydrogen-bond acceptors (Lipinski definition) is 4. The Labute approximate surface area is 198 Å². The Kier molecular flexibility index (Phi) is 6.42. The minimum atomic E-state index is -0.364. The number of nitro groups is 1. The van der Waals surface area contributed by atoms with Gasteiger partial charge < -0.3 is 0 Å². The molecule has 3 aromatic carbocycles. The van der Waals surface area contributed by atoms with Crippen molar-refractivity contribution in [2.75, 3.05) is 19.6 Å². The lowest BCUT2D eigenvalue weighted by Crippen LogP contribution is -2.31. The van der Waals surface area contributed by atoms with Gasteiger partial charge in [-0.15, -0.1) is 11.8 Å². The number of thioether (sulfide) groups is 1. The molecule has 2 heterocycles. The van der Waals surface area contributed by atoms with Gasteiger partial charge in [0.1, 0.15) is 0 Å². The molecule has 5 heteroatoms. The number of non-ortho nitro benzene ring substituents is 1. The maximum absolute atomic E-state index is 10.8. The number of nitro benzene ring substituents is 1. The Hall–Kier alpha value is -3.15. The second-order valence-corrected chi connectivity index (χ2v) is 9.49. The molecule has 3 aromatic rings. The molecule has 2 aliphatic rings. The Bertz CT molecular complexity index is 1170. The van der Waals surface area contributed by atoms with Gasteiger partial charge in [0.25, 0.3) is 5.69 Å². The summed E-state index contributed by atoms with van der Waals surface area (Å²) in [7, 11) is 0. The summed E-state index contributed by atoms with van der Waals surface area (Å²) in [4.78, 5) is 14.3. The first-order chi connectivity index (χ1) is 16.2. The highest BCUT2D eigenvalue weighted by Gasteiger charge is 2.23. The Morgan fingerprint density at radius 2 is 1.61 bits per heavy atom. The second kappa shape index (κ2) is 9.77. The van der Waals surface area contributed by atoms with Crippen LogP contribution in [0.3, 0.4) is 0 Å². The first-order valence-electron chi connectivity index (χ1n) is 11.3. The SMILES string of the molecule is O=[N+]([O-])c1ccc(/C=C/CN2CCC(=C3c4ccccc4CSc4ccccc43)CC2)cc1. The van der Waals surface area contributed by atoms with Crippen LogP contribution in [0.15, 0.2) is 89.3 Å². The van der Waals surface area contributed by atoms with Crippen LogP contribution in [0.25, 0.3) is 11.6 Å². The molecule has 0 bridgehead atoms. The average Bonchev–Trinajstić information content (AvgIpc) is 3.02. The zero-order valence-corrected chi connectivity index (χ0v) is 19.3. The van der Waals surface area contributed by atoms with E-state index >= 15 is 0 Å². The normalized spacial score (nSPS) is 16.4. The van der Waals surface area contributed by atoms with Crippen molar-refractivity contribution in [3.8, 4) is 0 Å². The second-order valence-electron chi connectivity index (χ2n) is 8.47. The minimum absolute atomic E-state index is 0.129. The average molecular weight is 455 g/mol. The molecule has 0 saturated carbocycles. The van der Waals surface area contributed by atoms with Crippen LogP contribution in [0.2, 0.25) is 0 Å². The molecule has 2 aliphatic heterocycles. The van der Waals surface area contributed by atoms with Gasteiger partial charge in [-0.25, -0.2) is 0 Å². The Morgan fingerprint density at radius 3 is 2.36 bits per heavy atom. The topological polar surface area (TPSA) is 46.4 Å². The Morgan fingerprint density at radius 1 is 0.909 bits per heavy atom. The van der Waals surface area contributed by atoms with Gasteiger partial charge in [0.05, 0.1) is 4.92 Å². The summed E-state index contributed by atoms with van der Waals surface area (Å²) in [5.74, 6) is 1.02. The molecule has 0 amide bonds. The summed E-state index contributed by atoms with van der Waals surface area (Å²) in [6.45, 7) is 2.98. The largest absolute Gasteiger partial charge is 0.299 e. The third-order valence-electron chi connectivity index (χ3n) is 6.42. The van der Waals surface area contributed by atoms with Gasteiger partial charge in [-0.05, 0) is 58.9 Å². The van der Waals surface area contributed by atoms with Crippen LogP contribution in [0.1, 0.15) is 35.1 Å². The van der Waals surface area contributed by atoms with Crippen LogP contribution in [0.4, 0.5) is 5.69 Å². The molecule has 33 heavy (non-hydrogen) atoms. The maximum atomic E-state index is 10.8. The van der Waals surface area contributed by atoms with Crippen molar-refractivity contribution in [2.24, 2.45) is 0 Å². The van der Waals surface area contributed by atoms with Gasteiger partial charge in [0.2, 0.25) is 0 Å². The summed E-state index contributed by atoms with van der Waals surface area (Å²) < 4.78 is 0. The third kappa shape index (κ3) is 4.80. The molecular formula is C28H26N2O2S. The number of likely N-dealkylation sites (tertiary alicyclic amines) is 1. The highest BCUT2D eigenvalue weighted by molar-refractivity contribution is 7.98. The van der Waals surface area contributed by atoms with Gasteiger partial charge in [-0.1, -0.05) is 60.2 Å².